The molecule has 2 atom stereocenters. The molecule has 142 valence electrons. The molecule has 2 aromatic heterocycles. The van der Waals surface area contributed by atoms with Gasteiger partial charge in [-0.3, -0.25) is 9.48 Å². The average molecular weight is 384 g/mol. The minimum Gasteiger partial charge on any atom is -0.345 e. The van der Waals surface area contributed by atoms with Gasteiger partial charge in [0.25, 0.3) is 5.91 Å². The number of fused-ring (bicyclic) bond motifs is 1. The highest BCUT2D eigenvalue weighted by Gasteiger charge is 2.27. The van der Waals surface area contributed by atoms with Crippen LogP contribution >= 0.6 is 11.3 Å². The number of quaternary nitrogens is 1. The Balaban J connectivity index is 1.49. The number of hydrogen-bond donors (Lipinski definition) is 2. The van der Waals surface area contributed by atoms with E-state index >= 15 is 0 Å². The van der Waals surface area contributed by atoms with Crippen LogP contribution in [0.5, 0.6) is 0 Å². The van der Waals surface area contributed by atoms with Crippen LogP contribution in [0, 0.1) is 6.92 Å². The minimum absolute atomic E-state index is 0.0456. The van der Waals surface area contributed by atoms with Gasteiger partial charge < -0.3 is 10.2 Å². The zero-order valence-corrected chi connectivity index (χ0v) is 16.8. The second-order valence-electron chi connectivity index (χ2n) is 7.37. The number of aromatic nitrogens is 2. The molecule has 0 saturated carbocycles. The van der Waals surface area contributed by atoms with Crippen LogP contribution < -0.4 is 10.2 Å². The summed E-state index contributed by atoms with van der Waals surface area (Å²) in [6.45, 7) is 8.10. The highest BCUT2D eigenvalue weighted by molar-refractivity contribution is 7.20. The van der Waals surface area contributed by atoms with Crippen LogP contribution in [0.2, 0.25) is 0 Å². The number of aryl methyl sites for hydroxylation is 1. The van der Waals surface area contributed by atoms with Gasteiger partial charge in [-0.15, -0.1) is 11.3 Å². The lowest BCUT2D eigenvalue weighted by atomic mass is 10.2. The van der Waals surface area contributed by atoms with Crippen LogP contribution in [0.1, 0.15) is 40.7 Å². The summed E-state index contributed by atoms with van der Waals surface area (Å²) in [5.41, 5.74) is 2.19. The summed E-state index contributed by atoms with van der Waals surface area (Å²) in [6, 6.07) is 12.9. The van der Waals surface area contributed by atoms with Crippen molar-refractivity contribution in [3.8, 4) is 0 Å². The Morgan fingerprint density at radius 3 is 2.96 bits per heavy atom. The van der Waals surface area contributed by atoms with Crippen LogP contribution in [0.3, 0.4) is 0 Å². The summed E-state index contributed by atoms with van der Waals surface area (Å²) in [4.78, 5) is 16.2. The van der Waals surface area contributed by atoms with Gasteiger partial charge >= 0.3 is 0 Å². The maximum Gasteiger partial charge on any atom is 0.261 e. The topological polar surface area (TPSA) is 51.4 Å². The lowest BCUT2D eigenvalue weighted by Crippen LogP contribution is -3.14. The summed E-state index contributed by atoms with van der Waals surface area (Å²) in [5, 5.41) is 8.92. The number of nitrogens with one attached hydrogen (secondary N) is 2. The highest BCUT2D eigenvalue weighted by atomic mass is 32.1. The lowest BCUT2D eigenvalue weighted by Gasteiger charge is -2.19. The molecule has 1 aromatic carbocycles. The normalized spacial score (nSPS) is 19.6. The van der Waals surface area contributed by atoms with Gasteiger partial charge in [-0.25, -0.2) is 0 Å². The molecular weight excluding hydrogens is 356 g/mol. The van der Waals surface area contributed by atoms with Crippen molar-refractivity contribution < 1.29 is 9.69 Å². The number of benzene rings is 1. The van der Waals surface area contributed by atoms with Crippen molar-refractivity contribution in [3.05, 3.63) is 52.5 Å². The number of likely N-dealkylation sites (N-methyl/N-ethyl adjacent to an activating group) is 1. The molecule has 0 bridgehead atoms. The van der Waals surface area contributed by atoms with E-state index in [2.05, 4.69) is 29.5 Å². The molecule has 0 radical (unpaired) electrons. The van der Waals surface area contributed by atoms with E-state index in [0.29, 0.717) is 6.04 Å². The van der Waals surface area contributed by atoms with E-state index in [1.165, 1.54) is 24.9 Å². The largest absolute Gasteiger partial charge is 0.345 e. The lowest BCUT2D eigenvalue weighted by molar-refractivity contribution is -0.909. The van der Waals surface area contributed by atoms with Crippen molar-refractivity contribution >= 4 is 27.5 Å². The van der Waals surface area contributed by atoms with Gasteiger partial charge in [-0.1, -0.05) is 30.3 Å². The number of rotatable bonds is 6. The third-order valence-corrected chi connectivity index (χ3v) is 6.74. The van der Waals surface area contributed by atoms with Crippen molar-refractivity contribution in [1.82, 2.24) is 15.1 Å². The Hall–Kier alpha value is -2.18. The van der Waals surface area contributed by atoms with Crippen LogP contribution in [0.4, 0.5) is 0 Å². The number of hydrogen-bond acceptors (Lipinski definition) is 3. The van der Waals surface area contributed by atoms with Crippen molar-refractivity contribution in [2.45, 2.75) is 39.3 Å². The fourth-order valence-electron chi connectivity index (χ4n) is 4.09. The molecule has 27 heavy (non-hydrogen) atoms. The van der Waals surface area contributed by atoms with E-state index in [-0.39, 0.29) is 5.91 Å². The Bertz CT molecular complexity index is 930. The second kappa shape index (κ2) is 7.82. The Kier molecular flexibility index (Phi) is 5.27. The van der Waals surface area contributed by atoms with Crippen LogP contribution in [0.15, 0.2) is 36.4 Å². The Morgan fingerprint density at radius 1 is 1.37 bits per heavy atom. The molecule has 4 rings (SSSR count). The first-order chi connectivity index (χ1) is 13.2. The number of carbonyl (C=O) groups is 1. The van der Waals surface area contributed by atoms with Gasteiger partial charge in [-0.05, 0) is 25.5 Å². The summed E-state index contributed by atoms with van der Waals surface area (Å²) in [6.07, 6.45) is 2.47. The van der Waals surface area contributed by atoms with Crippen LogP contribution in [-0.4, -0.2) is 41.4 Å². The number of nitrogens with zero attached hydrogens (tertiary/aromatic N) is 2. The van der Waals surface area contributed by atoms with E-state index < -0.39 is 0 Å². The van der Waals surface area contributed by atoms with Gasteiger partial charge in [0.1, 0.15) is 10.9 Å². The van der Waals surface area contributed by atoms with Gasteiger partial charge in [0.15, 0.2) is 0 Å². The number of thiophene rings is 1. The van der Waals surface area contributed by atoms with Crippen molar-refractivity contribution in [1.29, 1.82) is 0 Å². The molecule has 2 N–H and O–H groups in total. The summed E-state index contributed by atoms with van der Waals surface area (Å²) < 4.78 is 2.02. The molecule has 3 aromatic rings. The summed E-state index contributed by atoms with van der Waals surface area (Å²) in [5.74, 6) is 0.0456. The number of amides is 1. The molecule has 5 nitrogen and oxygen atoms in total. The smallest absolute Gasteiger partial charge is 0.261 e. The van der Waals surface area contributed by atoms with Crippen molar-refractivity contribution in [2.75, 3.05) is 19.6 Å². The molecule has 6 heteroatoms. The summed E-state index contributed by atoms with van der Waals surface area (Å²) in [7, 11) is 0. The minimum atomic E-state index is 0.0456. The van der Waals surface area contributed by atoms with Crippen molar-refractivity contribution in [2.24, 2.45) is 0 Å². The first-order valence-corrected chi connectivity index (χ1v) is 10.6. The van der Waals surface area contributed by atoms with E-state index in [1.807, 2.05) is 35.9 Å². The third-order valence-electron chi connectivity index (χ3n) is 5.60. The number of carbonyl (C=O) groups excluding carboxylic acids is 1. The molecule has 0 aliphatic carbocycles. The van der Waals surface area contributed by atoms with Crippen LogP contribution in [0.25, 0.3) is 10.2 Å². The molecule has 1 aliphatic rings. The predicted molar refractivity (Wildman–Crippen MR) is 110 cm³/mol. The van der Waals surface area contributed by atoms with Crippen molar-refractivity contribution in [3.63, 3.8) is 0 Å². The van der Waals surface area contributed by atoms with Crippen LogP contribution in [-0.2, 0) is 6.54 Å². The first kappa shape index (κ1) is 18.2. The predicted octanol–water partition coefficient (Wildman–Crippen LogP) is 2.25. The zero-order valence-electron chi connectivity index (χ0n) is 16.0. The van der Waals surface area contributed by atoms with Gasteiger partial charge in [0, 0.05) is 18.2 Å². The standard InChI is InChI=1S/C21H26N4OS/c1-3-24-11-7-10-17(24)13-22-20(26)19-12-18-15(2)23-25(21(18)27-19)14-16-8-5-4-6-9-16/h4-6,8-9,12,17H,3,7,10-11,13-14H2,1-2H3,(H,22,26)/p+1/t17-/m0/s1. The molecule has 3 heterocycles. The van der Waals surface area contributed by atoms with E-state index in [9.17, 15) is 4.79 Å². The summed E-state index contributed by atoms with van der Waals surface area (Å²) >= 11 is 1.54. The van der Waals surface area contributed by atoms with Gasteiger partial charge in [0.05, 0.1) is 36.8 Å². The second-order valence-corrected chi connectivity index (χ2v) is 8.40. The molecular formula is C21H27N4OS+. The average Bonchev–Trinajstić information content (AvgIpc) is 3.38. The zero-order chi connectivity index (χ0) is 18.8. The monoisotopic (exact) mass is 383 g/mol. The first-order valence-electron chi connectivity index (χ1n) is 9.79. The molecule has 1 aliphatic heterocycles. The van der Waals surface area contributed by atoms with E-state index in [0.717, 1.165) is 40.4 Å². The molecule has 1 unspecified atom stereocenters. The maximum atomic E-state index is 12.7. The third kappa shape index (κ3) is 3.77. The fourth-order valence-corrected chi connectivity index (χ4v) is 5.16. The van der Waals surface area contributed by atoms with E-state index in [1.54, 1.807) is 16.2 Å². The molecule has 1 amide bonds. The molecule has 1 fully saturated rings. The fraction of sp³-hybridized carbons (Fsp3) is 0.429. The number of likely N-dealkylation sites (tertiary alicyclic amines) is 1. The molecule has 0 spiro atoms. The van der Waals surface area contributed by atoms with E-state index in [4.69, 9.17) is 0 Å². The van der Waals surface area contributed by atoms with Gasteiger partial charge in [0.2, 0.25) is 0 Å². The highest BCUT2D eigenvalue weighted by Crippen LogP contribution is 2.28. The Labute approximate surface area is 164 Å². The molecule has 1 saturated heterocycles. The maximum absolute atomic E-state index is 12.7. The Morgan fingerprint density at radius 2 is 2.19 bits per heavy atom. The SMILES string of the molecule is CC[NH+]1CCC[C@H]1CNC(=O)c1cc2c(C)nn(Cc3ccccc3)c2s1. The van der Waals surface area contributed by atoms with Gasteiger partial charge in [-0.2, -0.15) is 5.10 Å². The quantitative estimate of drug-likeness (QED) is 0.686.